The van der Waals surface area contributed by atoms with Crippen molar-refractivity contribution in [2.45, 2.75) is 0 Å². The smallest absolute Gasteiger partial charge is 0.183 e. The van der Waals surface area contributed by atoms with Crippen LogP contribution in [0.5, 0.6) is 0 Å². The van der Waals surface area contributed by atoms with Crippen LogP contribution in [-0.4, -0.2) is 5.16 Å². The van der Waals surface area contributed by atoms with Gasteiger partial charge >= 0.3 is 0 Å². The van der Waals surface area contributed by atoms with Gasteiger partial charge in [-0.25, -0.2) is 13.9 Å². The maximum absolute atomic E-state index is 13.5. The fraction of sp³-hybridized carbons (Fsp3) is 0. The molecule has 1 aromatic heterocycles. The molecule has 5 heteroatoms. The number of hydrogen-bond acceptors (Lipinski definition) is 1. The number of halogens is 3. The maximum atomic E-state index is 13.5. The normalized spacial score (nSPS) is 11.7. The zero-order valence-corrected chi connectivity index (χ0v) is 8.86. The van der Waals surface area contributed by atoms with E-state index in [4.69, 9.17) is 4.52 Å². The molecular formula is C10H4BrF2NO. The highest BCUT2D eigenvalue weighted by atomic mass is 79.9. The Morgan fingerprint density at radius 3 is 2.73 bits per heavy atom. The molecule has 0 fully saturated rings. The lowest BCUT2D eigenvalue weighted by molar-refractivity contribution is 0.425. The van der Waals surface area contributed by atoms with Crippen molar-refractivity contribution in [2.75, 3.05) is 0 Å². The predicted molar refractivity (Wildman–Crippen MR) is 55.7 cm³/mol. The molecule has 0 aliphatic carbocycles. The van der Waals surface area contributed by atoms with Crippen LogP contribution in [0.4, 0.5) is 8.78 Å². The van der Waals surface area contributed by atoms with E-state index in [2.05, 4.69) is 21.1 Å². The van der Waals surface area contributed by atoms with Crippen LogP contribution >= 0.6 is 15.9 Å². The van der Waals surface area contributed by atoms with Crippen LogP contribution in [0.3, 0.4) is 0 Å². The van der Waals surface area contributed by atoms with E-state index in [0.29, 0.717) is 21.0 Å². The Bertz CT molecular complexity index is 671. The molecule has 2 nitrogen and oxygen atoms in total. The van der Waals surface area contributed by atoms with Crippen LogP contribution in [0.25, 0.3) is 21.9 Å². The molecule has 0 bridgehead atoms. The highest BCUT2D eigenvalue weighted by molar-refractivity contribution is 9.10. The highest BCUT2D eigenvalue weighted by Gasteiger charge is 2.15. The summed E-state index contributed by atoms with van der Waals surface area (Å²) in [5.41, 5.74) is 1.31. The molecular weight excluding hydrogens is 268 g/mol. The number of benzene rings is 2. The Balaban J connectivity index is 2.61. The molecule has 3 rings (SSSR count). The first-order valence-electron chi connectivity index (χ1n) is 4.21. The zero-order chi connectivity index (χ0) is 10.6. The monoisotopic (exact) mass is 271 g/mol. The summed E-state index contributed by atoms with van der Waals surface area (Å²) in [6.07, 6.45) is 0. The van der Waals surface area contributed by atoms with Gasteiger partial charge in [0.15, 0.2) is 17.2 Å². The van der Waals surface area contributed by atoms with Crippen molar-refractivity contribution in [2.24, 2.45) is 0 Å². The first kappa shape index (κ1) is 8.91. The largest absolute Gasteiger partial charge is 0.380 e. The van der Waals surface area contributed by atoms with Gasteiger partial charge in [0.05, 0.1) is 0 Å². The van der Waals surface area contributed by atoms with Gasteiger partial charge in [0, 0.05) is 21.3 Å². The number of fused-ring (bicyclic) bond motifs is 3. The first-order valence-corrected chi connectivity index (χ1v) is 5.01. The second-order valence-corrected chi connectivity index (χ2v) is 4.07. The maximum Gasteiger partial charge on any atom is 0.183 e. The topological polar surface area (TPSA) is 28.9 Å². The summed E-state index contributed by atoms with van der Waals surface area (Å²) in [7, 11) is 0. The summed E-state index contributed by atoms with van der Waals surface area (Å²) in [6, 6.07) is 4.23. The van der Waals surface area contributed by atoms with Gasteiger partial charge in [0.1, 0.15) is 5.52 Å². The lowest BCUT2D eigenvalue weighted by atomic mass is 10.1. The van der Waals surface area contributed by atoms with E-state index < -0.39 is 11.6 Å². The minimum absolute atomic E-state index is 0.226. The third kappa shape index (κ3) is 1.07. The first-order chi connectivity index (χ1) is 7.18. The number of aromatic amines is 1. The average molecular weight is 272 g/mol. The summed E-state index contributed by atoms with van der Waals surface area (Å²) < 4.78 is 32.0. The zero-order valence-electron chi connectivity index (χ0n) is 7.27. The van der Waals surface area contributed by atoms with Crippen LogP contribution in [0.1, 0.15) is 0 Å². The van der Waals surface area contributed by atoms with Crippen molar-refractivity contribution in [3.63, 3.8) is 0 Å². The van der Waals surface area contributed by atoms with Gasteiger partial charge in [-0.2, -0.15) is 0 Å². The van der Waals surface area contributed by atoms with Gasteiger partial charge < -0.3 is 4.52 Å². The van der Waals surface area contributed by atoms with Crippen LogP contribution in [0.15, 0.2) is 27.2 Å². The summed E-state index contributed by atoms with van der Waals surface area (Å²) >= 11 is 3.19. The summed E-state index contributed by atoms with van der Waals surface area (Å²) in [5.74, 6) is -1.71. The van der Waals surface area contributed by atoms with Gasteiger partial charge in [-0.3, -0.25) is 0 Å². The molecule has 76 valence electrons. The summed E-state index contributed by atoms with van der Waals surface area (Å²) in [6.45, 7) is 0. The lowest BCUT2D eigenvalue weighted by Crippen LogP contribution is -1.92. The third-order valence-corrected chi connectivity index (χ3v) is 3.00. The molecule has 0 amide bonds. The van der Waals surface area contributed by atoms with Crippen molar-refractivity contribution in [3.8, 4) is 0 Å². The minimum Gasteiger partial charge on any atom is -0.380 e. The predicted octanol–water partition coefficient (Wildman–Crippen LogP) is 3.95. The van der Waals surface area contributed by atoms with Crippen molar-refractivity contribution < 1.29 is 13.3 Å². The molecule has 0 radical (unpaired) electrons. The Labute approximate surface area is 90.9 Å². The van der Waals surface area contributed by atoms with Crippen molar-refractivity contribution in [3.05, 3.63) is 34.3 Å². The van der Waals surface area contributed by atoms with E-state index in [0.717, 1.165) is 6.07 Å². The Morgan fingerprint density at radius 2 is 2.07 bits per heavy atom. The van der Waals surface area contributed by atoms with E-state index in [1.54, 1.807) is 6.07 Å². The molecule has 2 aromatic carbocycles. The number of rotatable bonds is 0. The Kier molecular flexibility index (Phi) is 1.68. The number of H-pyrrole nitrogens is 1. The van der Waals surface area contributed by atoms with Gasteiger partial charge in [-0.05, 0) is 28.1 Å². The minimum atomic E-state index is -0.858. The second-order valence-electron chi connectivity index (χ2n) is 3.22. The second kappa shape index (κ2) is 2.82. The molecule has 0 aliphatic heterocycles. The van der Waals surface area contributed by atoms with Crippen LogP contribution < -0.4 is 0 Å². The quantitative estimate of drug-likeness (QED) is 0.659. The lowest BCUT2D eigenvalue weighted by Gasteiger charge is -2.08. The molecule has 1 N–H and O–H groups in total. The molecule has 1 heterocycles. The van der Waals surface area contributed by atoms with Crippen molar-refractivity contribution in [1.82, 2.24) is 5.16 Å². The number of hydrogen-bond donors (Lipinski definition) is 1. The van der Waals surface area contributed by atoms with Gasteiger partial charge in [-0.15, -0.1) is 0 Å². The fourth-order valence-corrected chi connectivity index (χ4v) is 2.23. The molecule has 0 spiro atoms. The van der Waals surface area contributed by atoms with Crippen LogP contribution in [0.2, 0.25) is 0 Å². The van der Waals surface area contributed by atoms with Crippen LogP contribution in [0, 0.1) is 11.6 Å². The van der Waals surface area contributed by atoms with E-state index in [9.17, 15) is 8.78 Å². The van der Waals surface area contributed by atoms with Crippen molar-refractivity contribution >= 4 is 37.8 Å². The molecule has 0 saturated heterocycles. The molecule has 0 atom stereocenters. The fourth-order valence-electron chi connectivity index (χ4n) is 1.63. The standard InChI is InChI=1S/C10H4BrF2NO/c11-5-3-7-10(14-15-7)4-1-2-6(12)9(13)8(4)5/h1-3,14H. The molecule has 3 aromatic rings. The SMILES string of the molecule is Fc1ccc2c(c(Br)cc3o[nH]c32)c1F. The van der Waals surface area contributed by atoms with E-state index in [-0.39, 0.29) is 5.39 Å². The summed E-state index contributed by atoms with van der Waals surface area (Å²) in [4.78, 5) is 0. The Hall–Kier alpha value is -1.36. The molecule has 0 unspecified atom stereocenters. The number of nitrogens with one attached hydrogen (secondary N) is 1. The van der Waals surface area contributed by atoms with Gasteiger partial charge in [0.25, 0.3) is 0 Å². The van der Waals surface area contributed by atoms with E-state index in [1.807, 2.05) is 0 Å². The third-order valence-electron chi connectivity index (χ3n) is 2.37. The van der Waals surface area contributed by atoms with Gasteiger partial charge in [0.2, 0.25) is 0 Å². The van der Waals surface area contributed by atoms with Gasteiger partial charge in [-0.1, -0.05) is 0 Å². The van der Waals surface area contributed by atoms with E-state index in [1.165, 1.54) is 6.07 Å². The molecule has 0 saturated carbocycles. The number of aromatic nitrogens is 1. The van der Waals surface area contributed by atoms with Crippen LogP contribution in [-0.2, 0) is 0 Å². The Morgan fingerprint density at radius 1 is 1.27 bits per heavy atom. The molecule has 0 aliphatic rings. The highest BCUT2D eigenvalue weighted by Crippen LogP contribution is 2.34. The molecule has 15 heavy (non-hydrogen) atoms. The van der Waals surface area contributed by atoms with E-state index >= 15 is 0 Å². The van der Waals surface area contributed by atoms with Crippen molar-refractivity contribution in [1.29, 1.82) is 0 Å². The average Bonchev–Trinajstić information content (AvgIpc) is 2.17. The summed E-state index contributed by atoms with van der Waals surface area (Å²) in [5, 5.41) is 3.42.